The predicted octanol–water partition coefficient (Wildman–Crippen LogP) is 11.1. The maximum absolute atomic E-state index is 9.57. The first kappa shape index (κ1) is 23.8. The molecule has 9 aromatic rings. The summed E-state index contributed by atoms with van der Waals surface area (Å²) >= 11 is 1.67. The van der Waals surface area contributed by atoms with Crippen molar-refractivity contribution in [3.63, 3.8) is 0 Å². The molecule has 0 aliphatic heterocycles. The lowest BCUT2D eigenvalue weighted by Gasteiger charge is -2.09. The van der Waals surface area contributed by atoms with Gasteiger partial charge in [-0.3, -0.25) is 0 Å². The van der Waals surface area contributed by atoms with E-state index >= 15 is 0 Å². The zero-order valence-electron chi connectivity index (χ0n) is 22.6. The van der Waals surface area contributed by atoms with E-state index in [1.54, 1.807) is 11.3 Å². The largest absolute Gasteiger partial charge is 0.456 e. The molecule has 0 unspecified atom stereocenters. The van der Waals surface area contributed by atoms with Gasteiger partial charge in [0, 0.05) is 31.6 Å². The van der Waals surface area contributed by atoms with E-state index in [0.29, 0.717) is 11.3 Å². The number of nitrogens with zero attached hydrogens (tertiary/aromatic N) is 3. The van der Waals surface area contributed by atoms with Crippen LogP contribution in [0.2, 0.25) is 0 Å². The fraction of sp³-hybridized carbons (Fsp3) is 0. The average Bonchev–Trinajstić information content (AvgIpc) is 3.73. The van der Waals surface area contributed by atoms with Crippen molar-refractivity contribution in [1.29, 1.82) is 5.26 Å². The first-order chi connectivity index (χ1) is 21.2. The first-order valence-electron chi connectivity index (χ1n) is 13.9. The molecule has 9 rings (SSSR count). The molecule has 3 heterocycles. The topological polar surface area (TPSA) is 46.2 Å². The molecule has 0 aliphatic carbocycles. The van der Waals surface area contributed by atoms with Gasteiger partial charge in [0.25, 0.3) is 0 Å². The van der Waals surface area contributed by atoms with Gasteiger partial charge in [-0.2, -0.15) is 5.26 Å². The average molecular weight is 566 g/mol. The molecular formula is C38H19N3OS. The van der Waals surface area contributed by atoms with Crippen LogP contribution in [0.4, 0.5) is 5.69 Å². The monoisotopic (exact) mass is 565 g/mol. The van der Waals surface area contributed by atoms with Gasteiger partial charge in [0.1, 0.15) is 11.2 Å². The Balaban J connectivity index is 1.30. The highest BCUT2D eigenvalue weighted by Crippen LogP contribution is 2.46. The van der Waals surface area contributed by atoms with Crippen LogP contribution in [0.3, 0.4) is 0 Å². The predicted molar refractivity (Wildman–Crippen MR) is 177 cm³/mol. The molecule has 0 saturated heterocycles. The van der Waals surface area contributed by atoms with Gasteiger partial charge in [-0.15, -0.1) is 11.3 Å². The van der Waals surface area contributed by atoms with Crippen LogP contribution in [0.15, 0.2) is 120 Å². The molecule has 0 radical (unpaired) electrons. The summed E-state index contributed by atoms with van der Waals surface area (Å²) in [7, 11) is 0. The Morgan fingerprint density at radius 1 is 0.628 bits per heavy atom. The molecule has 6 aromatic carbocycles. The lowest BCUT2D eigenvalue weighted by atomic mass is 10.00. The number of nitriles is 1. The van der Waals surface area contributed by atoms with Crippen LogP contribution in [0.5, 0.6) is 0 Å². The van der Waals surface area contributed by atoms with Gasteiger partial charge in [0.15, 0.2) is 0 Å². The molecule has 5 heteroatoms. The summed E-state index contributed by atoms with van der Waals surface area (Å²) in [4.78, 5) is 3.99. The lowest BCUT2D eigenvalue weighted by Crippen LogP contribution is -1.93. The maximum Gasteiger partial charge on any atom is 0.205 e. The minimum atomic E-state index is 0.644. The van der Waals surface area contributed by atoms with Crippen LogP contribution in [0.25, 0.3) is 85.6 Å². The Morgan fingerprint density at radius 3 is 2.30 bits per heavy atom. The van der Waals surface area contributed by atoms with E-state index in [-0.39, 0.29) is 0 Å². The minimum absolute atomic E-state index is 0.644. The third-order valence-electron chi connectivity index (χ3n) is 8.43. The van der Waals surface area contributed by atoms with Gasteiger partial charge >= 0.3 is 0 Å². The summed E-state index contributed by atoms with van der Waals surface area (Å²) in [6.07, 6.45) is 0. The van der Waals surface area contributed by atoms with Gasteiger partial charge in [0.05, 0.1) is 39.6 Å². The number of hydrogen-bond donors (Lipinski definition) is 0. The quantitative estimate of drug-likeness (QED) is 0.196. The molecule has 4 nitrogen and oxygen atoms in total. The number of furan rings is 1. The Morgan fingerprint density at radius 2 is 1.42 bits per heavy atom. The Hall–Kier alpha value is -5.88. The molecule has 0 bridgehead atoms. The van der Waals surface area contributed by atoms with Crippen molar-refractivity contribution in [3.05, 3.63) is 132 Å². The zero-order chi connectivity index (χ0) is 28.7. The van der Waals surface area contributed by atoms with Crippen LogP contribution < -0.4 is 0 Å². The van der Waals surface area contributed by atoms with E-state index in [2.05, 4.69) is 82.2 Å². The second-order valence-electron chi connectivity index (χ2n) is 10.7. The van der Waals surface area contributed by atoms with E-state index < -0.39 is 0 Å². The first-order valence-corrected chi connectivity index (χ1v) is 14.8. The van der Waals surface area contributed by atoms with Crippen LogP contribution in [-0.4, -0.2) is 4.57 Å². The number of aromatic nitrogens is 1. The highest BCUT2D eigenvalue weighted by atomic mass is 32.1. The van der Waals surface area contributed by atoms with E-state index in [1.165, 1.54) is 0 Å². The van der Waals surface area contributed by atoms with E-state index in [1.807, 2.05) is 48.5 Å². The Labute approximate surface area is 249 Å². The molecular weight excluding hydrogens is 547 g/mol. The summed E-state index contributed by atoms with van der Waals surface area (Å²) in [6.45, 7) is 8.09. The Bertz CT molecular complexity index is 2710. The molecule has 43 heavy (non-hydrogen) atoms. The third kappa shape index (κ3) is 3.35. The smallest absolute Gasteiger partial charge is 0.205 e. The summed E-state index contributed by atoms with van der Waals surface area (Å²) in [5, 5.41) is 16.1. The third-order valence-corrected chi connectivity index (χ3v) is 9.70. The zero-order valence-corrected chi connectivity index (χ0v) is 23.4. The van der Waals surface area contributed by atoms with Crippen molar-refractivity contribution in [3.8, 4) is 22.9 Å². The standard InChI is InChI=1S/C38H19N3OS/c1-40-31-19-24(23-14-15-27-26-8-3-5-12-35(26)42-36(27)20-23)18-30-28-9-6-11-34(38(28)43-37(30)31)41-32-10-4-2-7-25(32)29-17-22(21-39)13-16-33(29)41/h2-20H. The van der Waals surface area contributed by atoms with Gasteiger partial charge < -0.3 is 8.98 Å². The van der Waals surface area contributed by atoms with Crippen molar-refractivity contribution in [2.45, 2.75) is 0 Å². The van der Waals surface area contributed by atoms with Gasteiger partial charge in [-0.05, 0) is 77.2 Å². The van der Waals surface area contributed by atoms with Gasteiger partial charge in [-0.1, -0.05) is 54.6 Å². The molecule has 0 spiro atoms. The van der Waals surface area contributed by atoms with Crippen molar-refractivity contribution < 1.29 is 4.42 Å². The second kappa shape index (κ2) is 8.81. The number of thiophene rings is 1. The summed E-state index contributed by atoms with van der Waals surface area (Å²) in [6, 6.07) is 41.5. The lowest BCUT2D eigenvalue weighted by molar-refractivity contribution is 0.669. The van der Waals surface area contributed by atoms with Gasteiger partial charge in [-0.25, -0.2) is 4.85 Å². The number of rotatable bonds is 2. The number of para-hydroxylation sites is 2. The number of fused-ring (bicyclic) bond motifs is 9. The fourth-order valence-electron chi connectivity index (χ4n) is 6.50. The summed E-state index contributed by atoms with van der Waals surface area (Å²) < 4.78 is 10.6. The molecule has 0 N–H and O–H groups in total. The van der Waals surface area contributed by atoms with Crippen molar-refractivity contribution in [2.75, 3.05) is 0 Å². The molecule has 0 aliphatic rings. The molecule has 0 amide bonds. The van der Waals surface area contributed by atoms with Crippen LogP contribution in [0, 0.1) is 17.9 Å². The van der Waals surface area contributed by atoms with Gasteiger partial charge in [0.2, 0.25) is 5.69 Å². The minimum Gasteiger partial charge on any atom is -0.456 e. The highest BCUT2D eigenvalue weighted by Gasteiger charge is 2.19. The normalized spacial score (nSPS) is 11.7. The van der Waals surface area contributed by atoms with Crippen molar-refractivity contribution in [2.24, 2.45) is 0 Å². The molecule has 0 fully saturated rings. The highest BCUT2D eigenvalue weighted by molar-refractivity contribution is 7.26. The van der Waals surface area contributed by atoms with E-state index in [4.69, 9.17) is 11.0 Å². The molecule has 0 atom stereocenters. The summed E-state index contributed by atoms with van der Waals surface area (Å²) in [5.41, 5.74) is 8.21. The number of benzene rings is 6. The van der Waals surface area contributed by atoms with Crippen molar-refractivity contribution in [1.82, 2.24) is 4.57 Å². The van der Waals surface area contributed by atoms with Crippen molar-refractivity contribution >= 4 is 80.9 Å². The van der Waals surface area contributed by atoms with E-state index in [0.717, 1.165) is 80.7 Å². The maximum atomic E-state index is 9.57. The number of hydrogen-bond acceptors (Lipinski definition) is 3. The van der Waals surface area contributed by atoms with Crippen LogP contribution in [-0.2, 0) is 0 Å². The SMILES string of the molecule is [C-]#[N+]c1cc(-c2ccc3c(c2)oc2ccccc23)cc2c1sc1c(-n3c4ccccc4c4cc(C#N)ccc43)cccc12. The molecule has 0 saturated carbocycles. The Kier molecular flexibility index (Phi) is 4.87. The van der Waals surface area contributed by atoms with Crippen LogP contribution >= 0.6 is 11.3 Å². The molecule has 3 aromatic heterocycles. The van der Waals surface area contributed by atoms with Crippen LogP contribution in [0.1, 0.15) is 5.56 Å². The second-order valence-corrected chi connectivity index (χ2v) is 11.8. The fourth-order valence-corrected chi connectivity index (χ4v) is 7.74. The molecule has 198 valence electrons. The summed E-state index contributed by atoms with van der Waals surface area (Å²) in [5.74, 6) is 0. The van der Waals surface area contributed by atoms with E-state index in [9.17, 15) is 5.26 Å².